The topological polar surface area (TPSA) is 75.2 Å². The van der Waals surface area contributed by atoms with Crippen LogP contribution in [0.25, 0.3) is 0 Å². The number of carbonyl (C=O) groups is 2. The minimum Gasteiger partial charge on any atom is -0.346 e. The molecule has 0 aliphatic heterocycles. The number of hydrogen-bond acceptors (Lipinski definition) is 2. The van der Waals surface area contributed by atoms with Gasteiger partial charge in [0.25, 0.3) is 5.91 Å². The molecular formula is C17H18ClFN4O2. The van der Waals surface area contributed by atoms with E-state index < -0.39 is 5.82 Å². The number of urea groups is 1. The smallest absolute Gasteiger partial charge is 0.315 e. The fourth-order valence-corrected chi connectivity index (χ4v) is 3.33. The molecule has 1 heterocycles. The second-order valence-corrected chi connectivity index (χ2v) is 6.33. The molecule has 0 radical (unpaired) electrons. The molecule has 1 aliphatic carbocycles. The number of nitrogens with zero attached hydrogens (tertiary/aromatic N) is 1. The third-order valence-corrected chi connectivity index (χ3v) is 4.59. The fourth-order valence-electron chi connectivity index (χ4n) is 3.15. The van der Waals surface area contributed by atoms with Crippen molar-refractivity contribution in [3.05, 3.63) is 52.1 Å². The molecule has 0 spiro atoms. The summed E-state index contributed by atoms with van der Waals surface area (Å²) in [6, 6.07) is 3.65. The number of nitrogens with one attached hydrogen (secondary N) is 3. The Morgan fingerprint density at radius 1 is 1.36 bits per heavy atom. The Morgan fingerprint density at radius 2 is 2.12 bits per heavy atom. The maximum atomic E-state index is 13.2. The summed E-state index contributed by atoms with van der Waals surface area (Å²) in [5, 5.41) is 8.09. The van der Waals surface area contributed by atoms with Crippen LogP contribution in [0.4, 0.5) is 14.9 Å². The summed E-state index contributed by atoms with van der Waals surface area (Å²) in [6.45, 7) is 0. The van der Waals surface area contributed by atoms with Gasteiger partial charge in [0, 0.05) is 26.0 Å². The van der Waals surface area contributed by atoms with E-state index in [9.17, 15) is 14.0 Å². The molecule has 132 valence electrons. The molecule has 1 aromatic carbocycles. The molecule has 0 unspecified atom stereocenters. The van der Waals surface area contributed by atoms with Crippen LogP contribution in [0.1, 0.15) is 34.1 Å². The highest BCUT2D eigenvalue weighted by molar-refractivity contribution is 6.31. The predicted octanol–water partition coefficient (Wildman–Crippen LogP) is 2.99. The molecule has 25 heavy (non-hydrogen) atoms. The standard InChI is InChI=1S/C17H18ClFN4O2/c1-20-17(25)22-14-6-4-10-11(14)8-23(2)15(10)16(24)21-9-3-5-13(19)12(18)7-9/h3,5,7-8,14H,4,6H2,1-2H3,(H,21,24)(H2,20,22,25)/t14-/m1/s1. The lowest BCUT2D eigenvalue weighted by Gasteiger charge is -2.12. The maximum Gasteiger partial charge on any atom is 0.315 e. The van der Waals surface area contributed by atoms with Crippen molar-refractivity contribution < 1.29 is 14.0 Å². The third-order valence-electron chi connectivity index (χ3n) is 4.30. The normalized spacial score (nSPS) is 15.6. The van der Waals surface area contributed by atoms with Gasteiger partial charge in [-0.3, -0.25) is 4.79 Å². The third kappa shape index (κ3) is 3.32. The van der Waals surface area contributed by atoms with Crippen LogP contribution < -0.4 is 16.0 Å². The van der Waals surface area contributed by atoms with E-state index >= 15 is 0 Å². The number of amides is 3. The highest BCUT2D eigenvalue weighted by Gasteiger charge is 2.31. The van der Waals surface area contributed by atoms with E-state index in [1.807, 2.05) is 6.20 Å². The van der Waals surface area contributed by atoms with Crippen LogP contribution in [0.3, 0.4) is 0 Å². The summed E-state index contributed by atoms with van der Waals surface area (Å²) in [5.74, 6) is -0.838. The number of benzene rings is 1. The highest BCUT2D eigenvalue weighted by atomic mass is 35.5. The van der Waals surface area contributed by atoms with E-state index in [-0.39, 0.29) is 23.0 Å². The zero-order valence-electron chi connectivity index (χ0n) is 13.8. The first kappa shape index (κ1) is 17.3. The molecule has 8 heteroatoms. The van der Waals surface area contributed by atoms with Crippen LogP contribution >= 0.6 is 11.6 Å². The first-order chi connectivity index (χ1) is 11.9. The number of fused-ring (bicyclic) bond motifs is 1. The van der Waals surface area contributed by atoms with E-state index in [0.29, 0.717) is 17.8 Å². The Kier molecular flexibility index (Phi) is 4.67. The lowest BCUT2D eigenvalue weighted by molar-refractivity contribution is 0.101. The van der Waals surface area contributed by atoms with Crippen molar-refractivity contribution in [2.24, 2.45) is 7.05 Å². The van der Waals surface area contributed by atoms with Crippen LogP contribution in [0.5, 0.6) is 0 Å². The summed E-state index contributed by atoms with van der Waals surface area (Å²) in [5.41, 5.74) is 2.80. The highest BCUT2D eigenvalue weighted by Crippen LogP contribution is 2.35. The van der Waals surface area contributed by atoms with Crippen molar-refractivity contribution in [1.82, 2.24) is 15.2 Å². The van der Waals surface area contributed by atoms with Gasteiger partial charge in [0.05, 0.1) is 11.1 Å². The Balaban J connectivity index is 1.83. The van der Waals surface area contributed by atoms with Gasteiger partial charge in [0.1, 0.15) is 11.5 Å². The van der Waals surface area contributed by atoms with Crippen LogP contribution in [-0.4, -0.2) is 23.6 Å². The summed E-state index contributed by atoms with van der Waals surface area (Å²) < 4.78 is 15.0. The van der Waals surface area contributed by atoms with Crippen molar-refractivity contribution in [3.8, 4) is 0 Å². The zero-order chi connectivity index (χ0) is 18.1. The number of hydrogen-bond donors (Lipinski definition) is 3. The lowest BCUT2D eigenvalue weighted by Crippen LogP contribution is -2.34. The second-order valence-electron chi connectivity index (χ2n) is 5.92. The van der Waals surface area contributed by atoms with Gasteiger partial charge >= 0.3 is 6.03 Å². The summed E-state index contributed by atoms with van der Waals surface area (Å²) in [6.07, 6.45) is 3.29. The molecule has 3 amide bonds. The van der Waals surface area contributed by atoms with Crippen molar-refractivity contribution in [1.29, 1.82) is 0 Å². The van der Waals surface area contributed by atoms with E-state index in [4.69, 9.17) is 11.6 Å². The number of aromatic nitrogens is 1. The minimum absolute atomic E-state index is 0.0512. The van der Waals surface area contributed by atoms with Crippen LogP contribution in [0, 0.1) is 5.82 Å². The van der Waals surface area contributed by atoms with Gasteiger partial charge in [-0.2, -0.15) is 0 Å². The lowest BCUT2D eigenvalue weighted by atomic mass is 10.1. The largest absolute Gasteiger partial charge is 0.346 e. The molecule has 3 rings (SSSR count). The number of halogens is 2. The SMILES string of the molecule is CNC(=O)N[C@@H]1CCc2c1cn(C)c2C(=O)Nc1ccc(F)c(Cl)c1. The van der Waals surface area contributed by atoms with Crippen LogP contribution in [0.15, 0.2) is 24.4 Å². The van der Waals surface area contributed by atoms with Gasteiger partial charge in [-0.25, -0.2) is 9.18 Å². The van der Waals surface area contributed by atoms with E-state index in [0.717, 1.165) is 17.5 Å². The maximum absolute atomic E-state index is 13.2. The van der Waals surface area contributed by atoms with Crippen molar-refractivity contribution >= 4 is 29.2 Å². The first-order valence-corrected chi connectivity index (χ1v) is 8.21. The Labute approximate surface area is 149 Å². The number of anilines is 1. The van der Waals surface area contributed by atoms with Gasteiger partial charge < -0.3 is 20.5 Å². The monoisotopic (exact) mass is 364 g/mol. The van der Waals surface area contributed by atoms with Gasteiger partial charge in [-0.15, -0.1) is 0 Å². The van der Waals surface area contributed by atoms with Gasteiger partial charge in [-0.1, -0.05) is 11.6 Å². The van der Waals surface area contributed by atoms with Crippen molar-refractivity contribution in [3.63, 3.8) is 0 Å². The first-order valence-electron chi connectivity index (χ1n) is 7.83. The minimum atomic E-state index is -0.539. The Hall–Kier alpha value is -2.54. The summed E-state index contributed by atoms with van der Waals surface area (Å²) >= 11 is 5.75. The molecule has 1 atom stereocenters. The number of rotatable bonds is 3. The summed E-state index contributed by atoms with van der Waals surface area (Å²) in [4.78, 5) is 24.2. The Bertz CT molecular complexity index is 849. The van der Waals surface area contributed by atoms with E-state index in [2.05, 4.69) is 16.0 Å². The van der Waals surface area contributed by atoms with Gasteiger partial charge in [0.2, 0.25) is 0 Å². The van der Waals surface area contributed by atoms with Crippen LogP contribution in [0.2, 0.25) is 5.02 Å². The average molecular weight is 365 g/mol. The molecule has 1 aliphatic rings. The van der Waals surface area contributed by atoms with E-state index in [1.54, 1.807) is 18.7 Å². The van der Waals surface area contributed by atoms with Gasteiger partial charge in [0.15, 0.2) is 0 Å². The Morgan fingerprint density at radius 3 is 2.80 bits per heavy atom. The second kappa shape index (κ2) is 6.76. The average Bonchev–Trinajstić information content (AvgIpc) is 3.09. The molecule has 0 saturated carbocycles. The van der Waals surface area contributed by atoms with Crippen LogP contribution in [-0.2, 0) is 13.5 Å². The molecule has 0 saturated heterocycles. The molecule has 6 nitrogen and oxygen atoms in total. The molecule has 2 aromatic rings. The molecule has 3 N–H and O–H groups in total. The van der Waals surface area contributed by atoms with Crippen molar-refractivity contribution in [2.45, 2.75) is 18.9 Å². The number of aryl methyl sites for hydroxylation is 1. The van der Waals surface area contributed by atoms with Gasteiger partial charge in [-0.05, 0) is 42.2 Å². The van der Waals surface area contributed by atoms with Crippen molar-refractivity contribution in [2.75, 3.05) is 12.4 Å². The zero-order valence-corrected chi connectivity index (χ0v) is 14.6. The molecule has 0 fully saturated rings. The molecule has 1 aromatic heterocycles. The quantitative estimate of drug-likeness (QED) is 0.783. The summed E-state index contributed by atoms with van der Waals surface area (Å²) in [7, 11) is 3.34. The fraction of sp³-hybridized carbons (Fsp3) is 0.294. The van der Waals surface area contributed by atoms with E-state index in [1.165, 1.54) is 18.2 Å². The molecule has 0 bridgehead atoms. The number of carbonyl (C=O) groups excluding carboxylic acids is 2. The molecular weight excluding hydrogens is 347 g/mol. The predicted molar refractivity (Wildman–Crippen MR) is 93.4 cm³/mol.